The van der Waals surface area contributed by atoms with Crippen LogP contribution in [0.4, 0.5) is 4.79 Å². The second-order valence-electron chi connectivity index (χ2n) is 12.2. The van der Waals surface area contributed by atoms with Gasteiger partial charge in [0.15, 0.2) is 0 Å². The van der Waals surface area contributed by atoms with E-state index in [1.165, 1.54) is 4.90 Å². The van der Waals surface area contributed by atoms with E-state index in [2.05, 4.69) is 31.4 Å². The average Bonchev–Trinajstić information content (AvgIpc) is 3.24. The van der Waals surface area contributed by atoms with Crippen LogP contribution < -0.4 is 16.4 Å². The number of amides is 4. The molecule has 0 bridgehead atoms. The second kappa shape index (κ2) is 12.9. The summed E-state index contributed by atoms with van der Waals surface area (Å²) in [5.74, 6) is -0.907. The smallest absolute Gasteiger partial charge is 0.408 e. The third-order valence-corrected chi connectivity index (χ3v) is 7.79. The van der Waals surface area contributed by atoms with Crippen LogP contribution in [0.3, 0.4) is 0 Å². The molecule has 0 aromatic heterocycles. The van der Waals surface area contributed by atoms with Crippen LogP contribution in [0.1, 0.15) is 87.0 Å². The van der Waals surface area contributed by atoms with Crippen molar-refractivity contribution >= 4 is 23.8 Å². The van der Waals surface area contributed by atoms with Gasteiger partial charge in [0.1, 0.15) is 17.7 Å². The number of rotatable bonds is 4. The Bertz CT molecular complexity index is 824. The first kappa shape index (κ1) is 30.9. The minimum atomic E-state index is -1.04. The highest BCUT2D eigenvalue weighted by Crippen LogP contribution is 2.58. The van der Waals surface area contributed by atoms with Gasteiger partial charge < -0.3 is 30.7 Å². The molecule has 0 aromatic carbocycles. The molecule has 10 nitrogen and oxygen atoms in total. The SMILES string of the molecule is C[C@@H]1OCCCCCCC[C@@H](C(N)=O)NC(=O)CN(C[C@H]2[C@@H](C)C2(C)C)C(=O)[C@H]1NC(=O)OC(C)(C)C. The van der Waals surface area contributed by atoms with Crippen molar-refractivity contribution in [3.05, 3.63) is 0 Å². The van der Waals surface area contributed by atoms with Gasteiger partial charge in [0.25, 0.3) is 0 Å². The molecule has 2 aliphatic rings. The van der Waals surface area contributed by atoms with Gasteiger partial charge >= 0.3 is 6.09 Å². The molecule has 37 heavy (non-hydrogen) atoms. The Kier molecular flexibility index (Phi) is 10.8. The van der Waals surface area contributed by atoms with Gasteiger partial charge in [0, 0.05) is 13.2 Å². The maximum atomic E-state index is 13.9. The van der Waals surface area contributed by atoms with Crippen molar-refractivity contribution in [2.45, 2.75) is 111 Å². The summed E-state index contributed by atoms with van der Waals surface area (Å²) < 4.78 is 11.4. The third-order valence-electron chi connectivity index (χ3n) is 7.79. The molecule has 1 saturated heterocycles. The van der Waals surface area contributed by atoms with Gasteiger partial charge in [-0.25, -0.2) is 4.79 Å². The summed E-state index contributed by atoms with van der Waals surface area (Å²) in [5, 5.41) is 5.41. The van der Waals surface area contributed by atoms with Crippen LogP contribution in [0.5, 0.6) is 0 Å². The van der Waals surface area contributed by atoms with Crippen LogP contribution in [-0.4, -0.2) is 72.2 Å². The number of hydrogen-bond donors (Lipinski definition) is 3. The van der Waals surface area contributed by atoms with Crippen molar-refractivity contribution in [1.82, 2.24) is 15.5 Å². The Balaban J connectivity index is 2.32. The zero-order valence-electron chi connectivity index (χ0n) is 23.7. The quantitative estimate of drug-likeness (QED) is 0.517. The maximum absolute atomic E-state index is 13.9. The zero-order chi connectivity index (χ0) is 28.0. The van der Waals surface area contributed by atoms with Crippen molar-refractivity contribution in [1.29, 1.82) is 0 Å². The lowest BCUT2D eigenvalue weighted by atomic mass is 10.1. The molecule has 4 amide bonds. The molecule has 0 radical (unpaired) electrons. The number of nitrogens with zero attached hydrogens (tertiary/aromatic N) is 1. The molecule has 5 atom stereocenters. The van der Waals surface area contributed by atoms with Gasteiger partial charge in [0.2, 0.25) is 17.7 Å². The monoisotopic (exact) mass is 524 g/mol. The van der Waals surface area contributed by atoms with E-state index < -0.39 is 47.6 Å². The Labute approximate surface area is 221 Å². The number of hydrogen-bond acceptors (Lipinski definition) is 6. The number of primary amides is 1. The standard InChI is InChI=1S/C27H48N4O6/c1-17-19(27(17,6)7)15-31-16-21(32)29-20(23(28)33)13-11-9-8-10-12-14-36-18(2)22(24(31)34)30-25(35)37-26(3,4)5/h17-20,22H,8-16H2,1-7H3,(H2,28,33)(H,29,32)(H,30,35)/t17-,18+,19+,20+,22+/m1/s1. The van der Waals surface area contributed by atoms with Crippen LogP contribution >= 0.6 is 0 Å². The first-order valence-electron chi connectivity index (χ1n) is 13.6. The van der Waals surface area contributed by atoms with E-state index in [1.807, 2.05) is 0 Å². The molecule has 4 N–H and O–H groups in total. The zero-order valence-corrected chi connectivity index (χ0v) is 23.7. The Morgan fingerprint density at radius 3 is 2.30 bits per heavy atom. The minimum absolute atomic E-state index is 0.0258. The van der Waals surface area contributed by atoms with Gasteiger partial charge in [-0.1, -0.05) is 46.5 Å². The van der Waals surface area contributed by atoms with Gasteiger partial charge in [-0.2, -0.15) is 0 Å². The molecule has 212 valence electrons. The summed E-state index contributed by atoms with van der Waals surface area (Å²) in [5.41, 5.74) is 4.83. The molecule has 0 spiro atoms. The Hall–Kier alpha value is -2.36. The lowest BCUT2D eigenvalue weighted by Gasteiger charge is -2.32. The van der Waals surface area contributed by atoms with E-state index in [9.17, 15) is 19.2 Å². The molecule has 1 aliphatic carbocycles. The van der Waals surface area contributed by atoms with E-state index in [0.29, 0.717) is 25.5 Å². The molecule has 1 heterocycles. The molecule has 10 heteroatoms. The van der Waals surface area contributed by atoms with Crippen molar-refractivity contribution < 1.29 is 28.7 Å². The first-order valence-corrected chi connectivity index (χ1v) is 13.6. The van der Waals surface area contributed by atoms with Crippen LogP contribution in [-0.2, 0) is 23.9 Å². The molecular weight excluding hydrogens is 476 g/mol. The topological polar surface area (TPSA) is 140 Å². The highest BCUT2D eigenvalue weighted by molar-refractivity contribution is 5.92. The number of nitrogens with one attached hydrogen (secondary N) is 2. The van der Waals surface area contributed by atoms with E-state index in [-0.39, 0.29) is 17.9 Å². The van der Waals surface area contributed by atoms with E-state index in [1.54, 1.807) is 27.7 Å². The predicted octanol–water partition coefficient (Wildman–Crippen LogP) is 2.73. The average molecular weight is 525 g/mol. The minimum Gasteiger partial charge on any atom is -0.444 e. The van der Waals surface area contributed by atoms with Crippen molar-refractivity contribution in [2.75, 3.05) is 19.7 Å². The van der Waals surface area contributed by atoms with Gasteiger partial charge in [-0.05, 0) is 57.8 Å². The Morgan fingerprint density at radius 1 is 1.14 bits per heavy atom. The molecule has 0 unspecified atom stereocenters. The lowest BCUT2D eigenvalue weighted by molar-refractivity contribution is -0.141. The molecule has 2 rings (SSSR count). The predicted molar refractivity (Wildman–Crippen MR) is 140 cm³/mol. The van der Waals surface area contributed by atoms with Crippen LogP contribution in [0.15, 0.2) is 0 Å². The van der Waals surface area contributed by atoms with Crippen LogP contribution in [0, 0.1) is 17.3 Å². The maximum Gasteiger partial charge on any atom is 0.408 e. The summed E-state index contributed by atoms with van der Waals surface area (Å²) in [7, 11) is 0. The highest BCUT2D eigenvalue weighted by Gasteiger charge is 2.55. The third kappa shape index (κ3) is 9.47. The fourth-order valence-corrected chi connectivity index (χ4v) is 4.94. The Morgan fingerprint density at radius 2 is 1.73 bits per heavy atom. The van der Waals surface area contributed by atoms with Gasteiger partial charge in [0.05, 0.1) is 12.6 Å². The molecule has 1 aliphatic heterocycles. The number of alkyl carbamates (subject to hydrolysis) is 1. The lowest BCUT2D eigenvalue weighted by Crippen LogP contribution is -2.57. The number of nitrogens with two attached hydrogens (primary N) is 1. The molecule has 1 saturated carbocycles. The second-order valence-corrected chi connectivity index (χ2v) is 12.2. The van der Waals surface area contributed by atoms with E-state index in [4.69, 9.17) is 15.2 Å². The summed E-state index contributed by atoms with van der Waals surface area (Å²) in [6, 6.07) is -1.83. The van der Waals surface area contributed by atoms with Crippen molar-refractivity contribution in [3.8, 4) is 0 Å². The molecule has 2 fully saturated rings. The summed E-state index contributed by atoms with van der Waals surface area (Å²) >= 11 is 0. The molecule has 0 aromatic rings. The number of carbonyl (C=O) groups excluding carboxylic acids is 4. The highest BCUT2D eigenvalue weighted by atomic mass is 16.6. The normalized spacial score (nSPS) is 30.2. The molecular formula is C27H48N4O6. The summed E-state index contributed by atoms with van der Waals surface area (Å²) in [6.45, 7) is 13.9. The fraction of sp³-hybridized carbons (Fsp3) is 0.852. The fourth-order valence-electron chi connectivity index (χ4n) is 4.94. The van der Waals surface area contributed by atoms with Crippen LogP contribution in [0.25, 0.3) is 0 Å². The van der Waals surface area contributed by atoms with E-state index in [0.717, 1.165) is 32.1 Å². The number of carbonyl (C=O) groups is 4. The summed E-state index contributed by atoms with van der Waals surface area (Å²) in [6.07, 6.45) is 3.47. The first-order chi connectivity index (χ1) is 17.1. The summed E-state index contributed by atoms with van der Waals surface area (Å²) in [4.78, 5) is 53.0. The van der Waals surface area contributed by atoms with Gasteiger partial charge in [-0.15, -0.1) is 0 Å². The van der Waals surface area contributed by atoms with Crippen molar-refractivity contribution in [2.24, 2.45) is 23.0 Å². The van der Waals surface area contributed by atoms with Crippen molar-refractivity contribution in [3.63, 3.8) is 0 Å². The van der Waals surface area contributed by atoms with E-state index >= 15 is 0 Å². The van der Waals surface area contributed by atoms with Gasteiger partial charge in [-0.3, -0.25) is 14.4 Å². The number of ether oxygens (including phenoxy) is 2. The largest absolute Gasteiger partial charge is 0.444 e. The van der Waals surface area contributed by atoms with Crippen LogP contribution in [0.2, 0.25) is 0 Å².